The Kier molecular flexibility index (Phi) is 4.06. The van der Waals surface area contributed by atoms with Crippen molar-refractivity contribution in [1.29, 1.82) is 0 Å². The second kappa shape index (κ2) is 5.80. The van der Waals surface area contributed by atoms with Crippen LogP contribution >= 0.6 is 34.7 Å². The number of rotatable bonds is 3. The molecule has 0 saturated carbocycles. The Morgan fingerprint density at radius 3 is 2.90 bits per heavy atom. The van der Waals surface area contributed by atoms with Crippen LogP contribution in [0.15, 0.2) is 24.3 Å². The molecule has 1 aliphatic heterocycles. The van der Waals surface area contributed by atoms with Crippen molar-refractivity contribution < 1.29 is 9.53 Å². The van der Waals surface area contributed by atoms with Crippen LogP contribution in [-0.2, 0) is 12.2 Å². The Labute approximate surface area is 131 Å². The summed E-state index contributed by atoms with van der Waals surface area (Å²) < 4.78 is 5.11. The molecular weight excluding hydrogens is 312 g/mol. The molecule has 104 valence electrons. The number of ketones is 1. The summed E-state index contributed by atoms with van der Waals surface area (Å²) in [6, 6.07) is 7.21. The number of methoxy groups -OCH3 is 1. The Hall–Kier alpha value is -0.970. The van der Waals surface area contributed by atoms with E-state index in [0.717, 1.165) is 22.8 Å². The summed E-state index contributed by atoms with van der Waals surface area (Å²) >= 11 is 9.63. The van der Waals surface area contributed by atoms with Gasteiger partial charge in [-0.05, 0) is 42.0 Å². The van der Waals surface area contributed by atoms with Crippen LogP contribution in [0.3, 0.4) is 0 Å². The summed E-state index contributed by atoms with van der Waals surface area (Å²) in [7, 11) is 1.56. The largest absolute Gasteiger partial charge is 0.495 e. The van der Waals surface area contributed by atoms with Gasteiger partial charge in [0.1, 0.15) is 5.75 Å². The maximum atomic E-state index is 12.5. The van der Waals surface area contributed by atoms with E-state index in [1.54, 1.807) is 36.6 Å². The summed E-state index contributed by atoms with van der Waals surface area (Å²) in [5, 5.41) is 0.468. The SMILES string of the molecule is COc1ccc(C(=O)c2cc3c(s2)CCSC3)cc1Cl. The highest BCUT2D eigenvalue weighted by Crippen LogP contribution is 2.33. The Morgan fingerprint density at radius 2 is 2.20 bits per heavy atom. The van der Waals surface area contributed by atoms with Crippen LogP contribution in [0.4, 0.5) is 0 Å². The highest BCUT2D eigenvalue weighted by atomic mass is 35.5. The van der Waals surface area contributed by atoms with E-state index in [-0.39, 0.29) is 5.78 Å². The van der Waals surface area contributed by atoms with Crippen molar-refractivity contribution >= 4 is 40.5 Å². The number of carbonyl (C=O) groups is 1. The Morgan fingerprint density at radius 1 is 1.35 bits per heavy atom. The minimum absolute atomic E-state index is 0.0407. The van der Waals surface area contributed by atoms with E-state index in [1.807, 2.05) is 17.8 Å². The molecule has 0 atom stereocenters. The zero-order chi connectivity index (χ0) is 14.1. The molecule has 0 bridgehead atoms. The standard InChI is InChI=1S/C15H13ClO2S2/c1-18-12-3-2-9(6-11(12)16)15(17)14-7-10-8-19-5-4-13(10)20-14/h2-3,6-7H,4-5,8H2,1H3. The summed E-state index contributed by atoms with van der Waals surface area (Å²) in [5.74, 6) is 2.79. The number of hydrogen-bond donors (Lipinski definition) is 0. The lowest BCUT2D eigenvalue weighted by Crippen LogP contribution is -1.99. The van der Waals surface area contributed by atoms with Crippen molar-refractivity contribution in [2.24, 2.45) is 0 Å². The number of halogens is 1. The van der Waals surface area contributed by atoms with Crippen LogP contribution in [-0.4, -0.2) is 18.6 Å². The maximum Gasteiger partial charge on any atom is 0.203 e. The average Bonchev–Trinajstić information content (AvgIpc) is 2.90. The molecule has 2 nitrogen and oxygen atoms in total. The lowest BCUT2D eigenvalue weighted by atomic mass is 10.1. The quantitative estimate of drug-likeness (QED) is 0.781. The van der Waals surface area contributed by atoms with Gasteiger partial charge in [-0.15, -0.1) is 11.3 Å². The van der Waals surface area contributed by atoms with Crippen LogP contribution in [0.25, 0.3) is 0 Å². The third-order valence-electron chi connectivity index (χ3n) is 3.27. The number of thiophene rings is 1. The van der Waals surface area contributed by atoms with E-state index in [0.29, 0.717) is 16.3 Å². The second-order valence-electron chi connectivity index (χ2n) is 4.54. The molecule has 0 N–H and O–H groups in total. The number of ether oxygens (including phenoxy) is 1. The molecule has 1 aliphatic rings. The normalized spacial score (nSPS) is 13.9. The van der Waals surface area contributed by atoms with Crippen molar-refractivity contribution in [3.05, 3.63) is 50.2 Å². The molecule has 0 saturated heterocycles. The Bertz CT molecular complexity index is 640. The minimum Gasteiger partial charge on any atom is -0.495 e. The first-order valence-corrected chi connectivity index (χ1v) is 8.61. The fourth-order valence-electron chi connectivity index (χ4n) is 2.21. The molecule has 0 aliphatic carbocycles. The predicted octanol–water partition coefficient (Wildman–Crippen LogP) is 4.43. The van der Waals surface area contributed by atoms with Crippen LogP contribution < -0.4 is 4.74 Å². The van der Waals surface area contributed by atoms with Crippen molar-refractivity contribution in [3.8, 4) is 5.75 Å². The van der Waals surface area contributed by atoms with Crippen LogP contribution in [0.1, 0.15) is 25.7 Å². The van der Waals surface area contributed by atoms with Crippen molar-refractivity contribution in [1.82, 2.24) is 0 Å². The zero-order valence-corrected chi connectivity index (χ0v) is 13.3. The molecule has 3 rings (SSSR count). The molecule has 0 unspecified atom stereocenters. The fraction of sp³-hybridized carbons (Fsp3) is 0.267. The highest BCUT2D eigenvalue weighted by Gasteiger charge is 2.19. The van der Waals surface area contributed by atoms with Crippen molar-refractivity contribution in [2.75, 3.05) is 12.9 Å². The second-order valence-corrected chi connectivity index (χ2v) is 7.19. The molecule has 1 aromatic heterocycles. The molecule has 2 aromatic rings. The summed E-state index contributed by atoms with van der Waals surface area (Å²) in [6.07, 6.45) is 1.07. The van der Waals surface area contributed by atoms with E-state index in [1.165, 1.54) is 10.4 Å². The van der Waals surface area contributed by atoms with Crippen molar-refractivity contribution in [3.63, 3.8) is 0 Å². The van der Waals surface area contributed by atoms with Gasteiger partial charge in [0, 0.05) is 16.2 Å². The first-order valence-electron chi connectivity index (χ1n) is 6.26. The molecule has 20 heavy (non-hydrogen) atoms. The van der Waals surface area contributed by atoms with Gasteiger partial charge in [-0.3, -0.25) is 4.79 Å². The van der Waals surface area contributed by atoms with E-state index in [2.05, 4.69) is 0 Å². The number of hydrogen-bond acceptors (Lipinski definition) is 4. The molecule has 2 heterocycles. The monoisotopic (exact) mass is 324 g/mol. The third kappa shape index (κ3) is 2.60. The summed E-state index contributed by atoms with van der Waals surface area (Å²) in [4.78, 5) is 14.7. The highest BCUT2D eigenvalue weighted by molar-refractivity contribution is 7.98. The zero-order valence-electron chi connectivity index (χ0n) is 10.9. The van der Waals surface area contributed by atoms with E-state index >= 15 is 0 Å². The van der Waals surface area contributed by atoms with Gasteiger partial charge in [-0.2, -0.15) is 11.8 Å². The average molecular weight is 325 g/mol. The molecule has 0 fully saturated rings. The molecular formula is C15H13ClO2S2. The van der Waals surface area contributed by atoms with E-state index in [9.17, 15) is 4.79 Å². The first-order chi connectivity index (χ1) is 9.69. The van der Waals surface area contributed by atoms with Crippen LogP contribution in [0.2, 0.25) is 5.02 Å². The van der Waals surface area contributed by atoms with Crippen molar-refractivity contribution in [2.45, 2.75) is 12.2 Å². The number of carbonyl (C=O) groups excluding carboxylic acids is 1. The fourth-order valence-corrected chi connectivity index (χ4v) is 4.80. The number of thioether (sulfide) groups is 1. The first kappa shape index (κ1) is 14.0. The molecule has 0 spiro atoms. The smallest absolute Gasteiger partial charge is 0.203 e. The van der Waals surface area contributed by atoms with Crippen LogP contribution in [0, 0.1) is 0 Å². The predicted molar refractivity (Wildman–Crippen MR) is 85.6 cm³/mol. The molecule has 5 heteroatoms. The summed E-state index contributed by atoms with van der Waals surface area (Å²) in [6.45, 7) is 0. The van der Waals surface area contributed by atoms with Gasteiger partial charge >= 0.3 is 0 Å². The minimum atomic E-state index is 0.0407. The van der Waals surface area contributed by atoms with Gasteiger partial charge in [0.25, 0.3) is 0 Å². The molecule has 0 amide bonds. The molecule has 0 radical (unpaired) electrons. The van der Waals surface area contributed by atoms with Gasteiger partial charge in [0.15, 0.2) is 0 Å². The van der Waals surface area contributed by atoms with E-state index < -0.39 is 0 Å². The topological polar surface area (TPSA) is 26.3 Å². The van der Waals surface area contributed by atoms with Gasteiger partial charge in [0.05, 0.1) is 17.0 Å². The summed E-state index contributed by atoms with van der Waals surface area (Å²) in [5.41, 5.74) is 1.93. The number of aryl methyl sites for hydroxylation is 1. The van der Waals surface area contributed by atoms with Gasteiger partial charge in [0.2, 0.25) is 5.78 Å². The third-order valence-corrected chi connectivity index (χ3v) is 5.80. The number of fused-ring (bicyclic) bond motifs is 1. The van der Waals surface area contributed by atoms with Gasteiger partial charge in [-0.1, -0.05) is 11.6 Å². The lowest BCUT2D eigenvalue weighted by Gasteiger charge is -2.08. The van der Waals surface area contributed by atoms with Gasteiger partial charge in [-0.25, -0.2) is 0 Å². The van der Waals surface area contributed by atoms with Gasteiger partial charge < -0.3 is 4.74 Å². The lowest BCUT2D eigenvalue weighted by molar-refractivity contribution is 0.104. The van der Waals surface area contributed by atoms with Crippen LogP contribution in [0.5, 0.6) is 5.75 Å². The number of benzene rings is 1. The maximum absolute atomic E-state index is 12.5. The van der Waals surface area contributed by atoms with E-state index in [4.69, 9.17) is 16.3 Å². The molecule has 1 aromatic carbocycles. The Balaban J connectivity index is 1.92.